The zero-order chi connectivity index (χ0) is 12.4. The van der Waals surface area contributed by atoms with Crippen LogP contribution < -0.4 is 0 Å². The van der Waals surface area contributed by atoms with Gasteiger partial charge >= 0.3 is 0 Å². The minimum atomic E-state index is 0.289. The summed E-state index contributed by atoms with van der Waals surface area (Å²) < 4.78 is 1.16. The highest BCUT2D eigenvalue weighted by atomic mass is 127. The van der Waals surface area contributed by atoms with Gasteiger partial charge in [0, 0.05) is 21.5 Å². The average Bonchev–Trinajstić information content (AvgIpc) is 2.34. The summed E-state index contributed by atoms with van der Waals surface area (Å²) in [7, 11) is 0. The Bertz CT molecular complexity index is 499. The van der Waals surface area contributed by atoms with Crippen LogP contribution in [0.15, 0.2) is 52.3 Å². The van der Waals surface area contributed by atoms with Gasteiger partial charge in [-0.05, 0) is 71.5 Å². The molecule has 0 amide bonds. The quantitative estimate of drug-likeness (QED) is 0.826. The molecule has 2 nitrogen and oxygen atoms in total. The van der Waals surface area contributed by atoms with Gasteiger partial charge < -0.3 is 10.0 Å². The van der Waals surface area contributed by atoms with Crippen LogP contribution in [0.3, 0.4) is 0 Å². The normalized spacial score (nSPS) is 15.6. The number of allylic oxidation sites excluding steroid dienone is 3. The highest BCUT2D eigenvalue weighted by molar-refractivity contribution is 14.1. The van der Waals surface area contributed by atoms with Crippen molar-refractivity contribution in [2.45, 2.75) is 6.92 Å². The monoisotopic (exact) mass is 339 g/mol. The van der Waals surface area contributed by atoms with E-state index in [2.05, 4.69) is 53.1 Å². The first kappa shape index (κ1) is 12.2. The Balaban J connectivity index is 2.43. The lowest BCUT2D eigenvalue weighted by Crippen LogP contribution is -2.22. The molecule has 0 saturated carbocycles. The molecular weight excluding hydrogens is 325 g/mol. The largest absolute Gasteiger partial charge is 0.508 e. The Kier molecular flexibility index (Phi) is 3.57. The number of phenolic OH excluding ortho intramolecular Hbond substituents is 1. The molecule has 0 aliphatic carbocycles. The third-order valence-corrected chi connectivity index (χ3v) is 3.74. The standard InChI is InChI=1S/C14H14INO/c1-3-16-10(2)13(15)8-9-14(16)11-4-6-12(17)7-5-11/h4-9,17H,2-3H2,1H3. The van der Waals surface area contributed by atoms with Crippen molar-refractivity contribution in [3.8, 4) is 5.75 Å². The molecule has 1 aliphatic heterocycles. The van der Waals surface area contributed by atoms with Crippen LogP contribution in [-0.2, 0) is 0 Å². The van der Waals surface area contributed by atoms with Crippen molar-refractivity contribution < 1.29 is 5.11 Å². The number of nitrogens with zero attached hydrogens (tertiary/aromatic N) is 1. The fourth-order valence-corrected chi connectivity index (χ4v) is 2.33. The van der Waals surface area contributed by atoms with Crippen LogP contribution in [0, 0.1) is 0 Å². The average molecular weight is 339 g/mol. The fourth-order valence-electron chi connectivity index (χ4n) is 1.86. The van der Waals surface area contributed by atoms with Crippen molar-refractivity contribution in [1.29, 1.82) is 0 Å². The first-order valence-electron chi connectivity index (χ1n) is 5.47. The van der Waals surface area contributed by atoms with E-state index in [1.54, 1.807) is 12.1 Å². The molecule has 1 N–H and O–H groups in total. The van der Waals surface area contributed by atoms with Gasteiger partial charge in [-0.2, -0.15) is 0 Å². The molecule has 1 heterocycles. The third kappa shape index (κ3) is 2.39. The number of benzene rings is 1. The topological polar surface area (TPSA) is 23.5 Å². The van der Waals surface area contributed by atoms with Crippen molar-refractivity contribution >= 4 is 28.3 Å². The van der Waals surface area contributed by atoms with E-state index in [0.29, 0.717) is 0 Å². The predicted molar refractivity (Wildman–Crippen MR) is 79.7 cm³/mol. The van der Waals surface area contributed by atoms with Gasteiger partial charge in [-0.25, -0.2) is 0 Å². The highest BCUT2D eigenvalue weighted by Gasteiger charge is 2.17. The van der Waals surface area contributed by atoms with Crippen molar-refractivity contribution in [1.82, 2.24) is 4.90 Å². The molecule has 0 saturated heterocycles. The van der Waals surface area contributed by atoms with Crippen LogP contribution in [-0.4, -0.2) is 16.6 Å². The second-order valence-corrected chi connectivity index (χ2v) is 4.97. The van der Waals surface area contributed by atoms with Gasteiger partial charge in [-0.1, -0.05) is 6.58 Å². The molecule has 2 rings (SSSR count). The summed E-state index contributed by atoms with van der Waals surface area (Å²) in [5.74, 6) is 0.289. The summed E-state index contributed by atoms with van der Waals surface area (Å²) in [5, 5.41) is 9.31. The molecular formula is C14H14INO. The molecule has 0 atom stereocenters. The number of likely N-dealkylation sites (N-methyl/N-ethyl adjacent to an activating group) is 1. The SMILES string of the molecule is C=C1C(I)=CC=C(c2ccc(O)cc2)N1CC. The van der Waals surface area contributed by atoms with E-state index >= 15 is 0 Å². The lowest BCUT2D eigenvalue weighted by molar-refractivity contribution is 0.475. The maximum Gasteiger partial charge on any atom is 0.115 e. The summed E-state index contributed by atoms with van der Waals surface area (Å²) in [6.45, 7) is 7.09. The Morgan fingerprint density at radius 3 is 2.47 bits per heavy atom. The highest BCUT2D eigenvalue weighted by Crippen LogP contribution is 2.33. The van der Waals surface area contributed by atoms with E-state index in [0.717, 1.165) is 27.1 Å². The molecule has 0 fully saturated rings. The van der Waals surface area contributed by atoms with Gasteiger partial charge in [-0.3, -0.25) is 0 Å². The summed E-state index contributed by atoms with van der Waals surface area (Å²) in [4.78, 5) is 2.17. The molecule has 1 aromatic rings. The van der Waals surface area contributed by atoms with Crippen LogP contribution >= 0.6 is 22.6 Å². The van der Waals surface area contributed by atoms with E-state index in [-0.39, 0.29) is 5.75 Å². The molecule has 0 unspecified atom stereocenters. The molecule has 0 bridgehead atoms. The first-order chi connectivity index (χ1) is 8.13. The zero-order valence-corrected chi connectivity index (χ0v) is 11.8. The van der Waals surface area contributed by atoms with Gasteiger partial charge in [0.15, 0.2) is 0 Å². The minimum Gasteiger partial charge on any atom is -0.508 e. The number of hydrogen-bond donors (Lipinski definition) is 1. The Morgan fingerprint density at radius 1 is 1.24 bits per heavy atom. The Labute approximate surface area is 115 Å². The second-order valence-electron chi connectivity index (χ2n) is 3.80. The molecule has 1 aromatic carbocycles. The molecule has 0 radical (unpaired) electrons. The molecule has 0 aromatic heterocycles. The summed E-state index contributed by atoms with van der Waals surface area (Å²) >= 11 is 2.29. The number of hydrogen-bond acceptors (Lipinski definition) is 2. The van der Waals surface area contributed by atoms with Crippen molar-refractivity contribution in [2.24, 2.45) is 0 Å². The van der Waals surface area contributed by atoms with Gasteiger partial charge in [0.05, 0.1) is 0 Å². The fraction of sp³-hybridized carbons (Fsp3) is 0.143. The van der Waals surface area contributed by atoms with E-state index in [1.807, 2.05) is 12.1 Å². The Morgan fingerprint density at radius 2 is 1.88 bits per heavy atom. The minimum absolute atomic E-state index is 0.289. The van der Waals surface area contributed by atoms with Gasteiger partial charge in [0.2, 0.25) is 0 Å². The number of rotatable bonds is 2. The van der Waals surface area contributed by atoms with E-state index in [4.69, 9.17) is 0 Å². The maximum absolute atomic E-state index is 9.31. The number of aromatic hydroxyl groups is 1. The zero-order valence-electron chi connectivity index (χ0n) is 9.65. The van der Waals surface area contributed by atoms with Crippen LogP contribution in [0.5, 0.6) is 5.75 Å². The summed E-state index contributed by atoms with van der Waals surface area (Å²) in [5.41, 5.74) is 3.24. The Hall–Kier alpha value is -1.23. The number of halogens is 1. The van der Waals surface area contributed by atoms with E-state index in [9.17, 15) is 5.11 Å². The lowest BCUT2D eigenvalue weighted by atomic mass is 10.1. The molecule has 88 valence electrons. The third-order valence-electron chi connectivity index (χ3n) is 2.76. The number of phenols is 1. The molecule has 0 spiro atoms. The molecule has 3 heteroatoms. The smallest absolute Gasteiger partial charge is 0.115 e. The van der Waals surface area contributed by atoms with E-state index < -0.39 is 0 Å². The van der Waals surface area contributed by atoms with Crippen LogP contribution in [0.25, 0.3) is 5.70 Å². The van der Waals surface area contributed by atoms with Gasteiger partial charge in [0.25, 0.3) is 0 Å². The van der Waals surface area contributed by atoms with Crippen molar-refractivity contribution in [2.75, 3.05) is 6.54 Å². The summed E-state index contributed by atoms with van der Waals surface area (Å²) in [6, 6.07) is 7.25. The second kappa shape index (κ2) is 4.96. The van der Waals surface area contributed by atoms with Crippen molar-refractivity contribution in [3.05, 3.63) is 57.8 Å². The summed E-state index contributed by atoms with van der Waals surface area (Å²) in [6.07, 6.45) is 4.16. The van der Waals surface area contributed by atoms with Gasteiger partial charge in [0.1, 0.15) is 5.75 Å². The van der Waals surface area contributed by atoms with Crippen molar-refractivity contribution in [3.63, 3.8) is 0 Å². The lowest BCUT2D eigenvalue weighted by Gasteiger charge is -2.30. The van der Waals surface area contributed by atoms with Crippen LogP contribution in [0.2, 0.25) is 0 Å². The molecule has 17 heavy (non-hydrogen) atoms. The van der Waals surface area contributed by atoms with Crippen LogP contribution in [0.4, 0.5) is 0 Å². The van der Waals surface area contributed by atoms with E-state index in [1.165, 1.54) is 0 Å². The molecule has 1 aliphatic rings. The first-order valence-corrected chi connectivity index (χ1v) is 6.55. The van der Waals surface area contributed by atoms with Gasteiger partial charge in [-0.15, -0.1) is 0 Å². The van der Waals surface area contributed by atoms with Crippen LogP contribution in [0.1, 0.15) is 12.5 Å². The predicted octanol–water partition coefficient (Wildman–Crippen LogP) is 3.90. The maximum atomic E-state index is 9.31.